The minimum absolute atomic E-state index is 0. The number of rotatable bonds is 8. The van der Waals surface area contributed by atoms with Crippen LogP contribution >= 0.6 is 0 Å². The molecule has 1 aliphatic rings. The van der Waals surface area contributed by atoms with Crippen molar-refractivity contribution in [1.29, 1.82) is 0 Å². The number of ketones is 1. The number of nitrogens with one attached hydrogen (secondary N) is 1. The van der Waals surface area contributed by atoms with E-state index in [4.69, 9.17) is 0 Å². The average Bonchev–Trinajstić information content (AvgIpc) is 3.52. The largest absolute Gasteiger partial charge is 0.345 e. The van der Waals surface area contributed by atoms with Gasteiger partial charge >= 0.3 is 5.69 Å². The fraction of sp³-hybridized carbons (Fsp3) is 0.467. The molecule has 1 saturated heterocycles. The van der Waals surface area contributed by atoms with Crippen LogP contribution in [0.1, 0.15) is 64.7 Å². The fourth-order valence-corrected chi connectivity index (χ4v) is 6.01. The maximum Gasteiger partial charge on any atom is 0.339 e. The number of sulfonamides is 1. The molecule has 13 heteroatoms. The van der Waals surface area contributed by atoms with Gasteiger partial charge in [0.15, 0.2) is 11.4 Å². The van der Waals surface area contributed by atoms with Crippen LogP contribution in [0, 0.1) is 11.8 Å². The third-order valence-corrected chi connectivity index (χ3v) is 8.04. The summed E-state index contributed by atoms with van der Waals surface area (Å²) in [6, 6.07) is 8.48. The molecular formula is C30H40N5O6RfS-. The van der Waals surface area contributed by atoms with E-state index in [1.54, 1.807) is 42.6 Å². The van der Waals surface area contributed by atoms with Gasteiger partial charge in [-0.15, -0.1) is 5.41 Å². The number of carbonyl (C=O) groups is 3. The Morgan fingerprint density at radius 2 is 1.74 bits per heavy atom. The summed E-state index contributed by atoms with van der Waals surface area (Å²) in [6.45, 7) is 11.3. The van der Waals surface area contributed by atoms with Crippen LogP contribution in [-0.2, 0) is 26.0 Å². The van der Waals surface area contributed by atoms with E-state index in [1.807, 2.05) is 34.6 Å². The van der Waals surface area contributed by atoms with Crippen molar-refractivity contribution < 1.29 is 22.8 Å². The van der Waals surface area contributed by atoms with Crippen LogP contribution in [0.15, 0.2) is 47.4 Å². The molecule has 1 unspecified atom stereocenters. The summed E-state index contributed by atoms with van der Waals surface area (Å²) in [5, 5.41) is 2.72. The zero-order chi connectivity index (χ0) is 31.4. The third kappa shape index (κ3) is 7.75. The van der Waals surface area contributed by atoms with Crippen LogP contribution in [-0.4, -0.2) is 69.3 Å². The number of hydrogen-bond donors (Lipinski definition) is 1. The fourth-order valence-electron chi connectivity index (χ4n) is 4.89. The number of amides is 1. The number of imidazole rings is 1. The Hall–Kier alpha value is -4.77. The van der Waals surface area contributed by atoms with E-state index in [-0.39, 0.29) is 18.7 Å². The molecule has 230 valence electrons. The van der Waals surface area contributed by atoms with Crippen molar-refractivity contribution in [3.63, 3.8) is 0 Å². The second kappa shape index (κ2) is 13.5. The molecule has 1 N–H and O–H groups in total. The average molecular weight is 866 g/mol. The standard InChI is InChI=1S/C28H34N5O6S.C2H6.Rf/c1-18(34)21(30-26(36)23-9-7-15-31(23)40(5,38)39)16-19-10-12-20(13-11-19)32-25-22(8-6-14-29-25)33(27(32)37)24(35)17-28(2,3)4;1-2;/h6,8,10-14,17,21,23H,7,9,15-16H2,1-5H3,(H,30,36);1-2H3;/q-1;;/t21-,23?;;/m0../s1. The molecule has 0 radical (unpaired) electrons. The third-order valence-electron chi connectivity index (χ3n) is 6.75. The molecule has 0 saturated carbocycles. The van der Waals surface area contributed by atoms with E-state index in [2.05, 4.69) is 10.3 Å². The summed E-state index contributed by atoms with van der Waals surface area (Å²) in [6.07, 6.45) is 5.25. The maximum atomic E-state index is 13.4. The van der Waals surface area contributed by atoms with Crippen molar-refractivity contribution in [2.75, 3.05) is 12.8 Å². The molecule has 0 aliphatic carbocycles. The zero-order valence-corrected chi connectivity index (χ0v) is 33.2. The van der Waals surface area contributed by atoms with Gasteiger partial charge in [-0.3, -0.25) is 20.6 Å². The molecule has 1 aliphatic heterocycles. The van der Waals surface area contributed by atoms with Crippen molar-refractivity contribution in [1.82, 2.24) is 23.7 Å². The van der Waals surface area contributed by atoms with Crippen molar-refractivity contribution in [2.45, 2.75) is 72.9 Å². The number of pyridine rings is 1. The summed E-state index contributed by atoms with van der Waals surface area (Å²) in [7, 11) is -3.55. The van der Waals surface area contributed by atoms with Crippen LogP contribution in [0.5, 0.6) is 0 Å². The molecule has 3 aromatic rings. The SMILES string of the molecule is CC.CC(=O)[C@H](Cc1ccc(-n2c(=O)n(C(=O)[CH-]C(C)(C)C)c3cccnc32)cc1)NC(=O)C1CCCN1S(C)(=O)=O.[Rf]. The first kappa shape index (κ1) is 34.4. The van der Waals surface area contributed by atoms with Gasteiger partial charge in [-0.05, 0) is 56.0 Å². The molecule has 0 bridgehead atoms. The van der Waals surface area contributed by atoms with Gasteiger partial charge in [0.2, 0.25) is 15.9 Å². The van der Waals surface area contributed by atoms with E-state index in [0.29, 0.717) is 29.7 Å². The van der Waals surface area contributed by atoms with Gasteiger partial charge in [0.25, 0.3) is 0 Å². The van der Waals surface area contributed by atoms with Gasteiger partial charge in [0, 0.05) is 12.7 Å². The number of carbonyl (C=O) groups excluding carboxylic acids is 3. The number of aromatic nitrogens is 3. The Kier molecular flexibility index (Phi) is 10.8. The van der Waals surface area contributed by atoms with Crippen LogP contribution in [0.4, 0.5) is 0 Å². The molecule has 4 rings (SSSR count). The van der Waals surface area contributed by atoms with Crippen LogP contribution in [0.25, 0.3) is 16.9 Å². The van der Waals surface area contributed by atoms with E-state index in [1.165, 1.54) is 22.2 Å². The van der Waals surface area contributed by atoms with Gasteiger partial charge in [-0.25, -0.2) is 22.8 Å². The Balaban J connectivity index is 0.00000211. The van der Waals surface area contributed by atoms with E-state index in [0.717, 1.165) is 16.4 Å². The van der Waals surface area contributed by atoms with Gasteiger partial charge in [0.1, 0.15) is 6.04 Å². The van der Waals surface area contributed by atoms with E-state index < -0.39 is 45.0 Å². The molecule has 11 nitrogen and oxygen atoms in total. The first-order valence-corrected chi connectivity index (χ1v) is 15.9. The molecule has 1 aromatic carbocycles. The van der Waals surface area contributed by atoms with E-state index in [9.17, 15) is 27.6 Å². The molecular weight excluding hydrogens is 825 g/mol. The van der Waals surface area contributed by atoms with Gasteiger partial charge < -0.3 is 10.1 Å². The summed E-state index contributed by atoms with van der Waals surface area (Å²) in [5.74, 6) is -1.21. The molecule has 0 spiro atoms. The number of hydrogen-bond acceptors (Lipinski definition) is 7. The Morgan fingerprint density at radius 3 is 2.30 bits per heavy atom. The molecule has 2 aromatic heterocycles. The van der Waals surface area contributed by atoms with Gasteiger partial charge in [-0.2, -0.15) is 4.31 Å². The second-order valence-electron chi connectivity index (χ2n) is 11.2. The summed E-state index contributed by atoms with van der Waals surface area (Å²) in [4.78, 5) is 56.1. The van der Waals surface area contributed by atoms with E-state index >= 15 is 0 Å². The van der Waals surface area contributed by atoms with Gasteiger partial charge in [0.05, 0.1) is 29.4 Å². The summed E-state index contributed by atoms with van der Waals surface area (Å²) in [5.41, 5.74) is 0.940. The summed E-state index contributed by atoms with van der Waals surface area (Å²) >= 11 is 0. The Labute approximate surface area is 247 Å². The second-order valence-corrected chi connectivity index (χ2v) is 13.2. The first-order chi connectivity index (χ1) is 19.7. The topological polar surface area (TPSA) is 140 Å². The normalized spacial score (nSPS) is 16.0. The maximum absolute atomic E-state index is 13.4. The monoisotopic (exact) mass is 865 g/mol. The zero-order valence-electron chi connectivity index (χ0n) is 26.0. The van der Waals surface area contributed by atoms with Crippen LogP contribution in [0.2, 0.25) is 0 Å². The molecule has 1 fully saturated rings. The van der Waals surface area contributed by atoms with Crippen molar-refractivity contribution in [3.05, 3.63) is 65.1 Å². The quantitative estimate of drug-likeness (QED) is 0.344. The van der Waals surface area contributed by atoms with Crippen molar-refractivity contribution >= 4 is 38.8 Å². The number of Topliss-reactive ketones (excluding diaryl/α,β-unsaturated/α-hetero) is 1. The molecule has 2 atom stereocenters. The molecule has 3 heterocycles. The predicted molar refractivity (Wildman–Crippen MR) is 162 cm³/mol. The van der Waals surface area contributed by atoms with Crippen molar-refractivity contribution in [2.24, 2.45) is 5.41 Å². The van der Waals surface area contributed by atoms with Crippen molar-refractivity contribution in [3.8, 4) is 5.69 Å². The Morgan fingerprint density at radius 1 is 1.12 bits per heavy atom. The number of benzene rings is 1. The van der Waals surface area contributed by atoms with Crippen LogP contribution in [0.3, 0.4) is 0 Å². The first-order valence-electron chi connectivity index (χ1n) is 14.0. The van der Waals surface area contributed by atoms with Gasteiger partial charge in [-0.1, -0.05) is 46.8 Å². The predicted octanol–water partition coefficient (Wildman–Crippen LogP) is 3.14. The smallest absolute Gasteiger partial charge is 0.339 e. The molecule has 1 amide bonds. The minimum Gasteiger partial charge on any atom is -0.345 e. The minimum atomic E-state index is -3.55. The van der Waals surface area contributed by atoms with Crippen LogP contribution < -0.4 is 11.0 Å². The number of nitrogens with zero attached hydrogens (tertiary/aromatic N) is 4. The molecule has 43 heavy (non-hydrogen) atoms. The Bertz CT molecular complexity index is 1620. The number of fused-ring (bicyclic) bond motifs is 1. The summed E-state index contributed by atoms with van der Waals surface area (Å²) < 4.78 is 27.7.